The van der Waals surface area contributed by atoms with Crippen molar-refractivity contribution in [2.75, 3.05) is 0 Å². The smallest absolute Gasteiger partial charge is 0.319 e. The molecule has 0 bridgehead atoms. The van der Waals surface area contributed by atoms with Gasteiger partial charge in [-0.3, -0.25) is 0 Å². The number of urea groups is 1. The number of hydrogen-bond acceptors (Lipinski definition) is 1. The molecule has 3 nitrogen and oxygen atoms in total. The van der Waals surface area contributed by atoms with Gasteiger partial charge in [-0.1, -0.05) is 13.0 Å². The number of carbonyl (C=O) groups excluding carboxylic acids is 1. The molecule has 2 atom stereocenters. The van der Waals surface area contributed by atoms with Gasteiger partial charge in [0.1, 0.15) is 0 Å². The summed E-state index contributed by atoms with van der Waals surface area (Å²) < 4.78 is 0. The van der Waals surface area contributed by atoms with Crippen LogP contribution >= 0.6 is 0 Å². The molecule has 1 aliphatic carbocycles. The van der Waals surface area contributed by atoms with Crippen molar-refractivity contribution in [3.05, 3.63) is 11.8 Å². The van der Waals surface area contributed by atoms with Gasteiger partial charge in [0.25, 0.3) is 0 Å². The largest absolute Gasteiger partial charge is 0.330 e. The van der Waals surface area contributed by atoms with Crippen molar-refractivity contribution in [2.24, 2.45) is 5.92 Å². The lowest BCUT2D eigenvalue weighted by Crippen LogP contribution is -2.29. The van der Waals surface area contributed by atoms with Gasteiger partial charge in [0.05, 0.1) is 6.04 Å². The van der Waals surface area contributed by atoms with Crippen molar-refractivity contribution >= 4 is 6.03 Å². The number of nitrogens with one attached hydrogen (secondary N) is 2. The van der Waals surface area contributed by atoms with Gasteiger partial charge in [0, 0.05) is 5.70 Å². The minimum Gasteiger partial charge on any atom is -0.330 e. The highest BCUT2D eigenvalue weighted by Gasteiger charge is 2.29. The van der Waals surface area contributed by atoms with Crippen molar-refractivity contribution in [3.63, 3.8) is 0 Å². The lowest BCUT2D eigenvalue weighted by atomic mass is 9.91. The minimum absolute atomic E-state index is 0.0460. The molecule has 3 heteroatoms. The van der Waals surface area contributed by atoms with E-state index in [0.29, 0.717) is 5.92 Å². The summed E-state index contributed by atoms with van der Waals surface area (Å²) in [5.41, 5.74) is 1.08. The van der Waals surface area contributed by atoms with Crippen LogP contribution in [0.2, 0.25) is 0 Å². The number of fused-ring (bicyclic) bond motifs is 1. The Morgan fingerprint density at radius 2 is 2.45 bits per heavy atom. The Balaban J connectivity index is 2.17. The van der Waals surface area contributed by atoms with E-state index in [9.17, 15) is 4.79 Å². The molecule has 11 heavy (non-hydrogen) atoms. The molecule has 1 saturated heterocycles. The van der Waals surface area contributed by atoms with Crippen LogP contribution in [0, 0.1) is 5.92 Å². The van der Waals surface area contributed by atoms with Crippen LogP contribution in [0.1, 0.15) is 19.8 Å². The molecule has 0 aromatic rings. The second-order valence-electron chi connectivity index (χ2n) is 3.39. The third-order valence-corrected chi connectivity index (χ3v) is 2.32. The summed E-state index contributed by atoms with van der Waals surface area (Å²) in [7, 11) is 0. The van der Waals surface area contributed by atoms with Crippen LogP contribution < -0.4 is 10.6 Å². The van der Waals surface area contributed by atoms with E-state index in [-0.39, 0.29) is 12.1 Å². The second kappa shape index (κ2) is 2.26. The SMILES string of the molecule is CC1CC=C2NC(=O)NC2C1. The summed E-state index contributed by atoms with van der Waals surface area (Å²) in [6, 6.07) is 0.224. The third-order valence-electron chi connectivity index (χ3n) is 2.32. The normalized spacial score (nSPS) is 35.4. The summed E-state index contributed by atoms with van der Waals surface area (Å²) in [5, 5.41) is 5.66. The van der Waals surface area contributed by atoms with Gasteiger partial charge < -0.3 is 10.6 Å². The molecule has 0 aromatic heterocycles. The van der Waals surface area contributed by atoms with Crippen LogP contribution in [0.25, 0.3) is 0 Å². The number of allylic oxidation sites excluding steroid dienone is 1. The Morgan fingerprint density at radius 3 is 3.27 bits per heavy atom. The lowest BCUT2D eigenvalue weighted by molar-refractivity contribution is 0.247. The number of hydrogen-bond donors (Lipinski definition) is 2. The molecule has 0 spiro atoms. The molecule has 1 aliphatic heterocycles. The highest BCUT2D eigenvalue weighted by molar-refractivity contribution is 5.80. The molecule has 60 valence electrons. The average molecular weight is 152 g/mol. The maximum Gasteiger partial charge on any atom is 0.319 e. The van der Waals surface area contributed by atoms with Gasteiger partial charge in [-0.2, -0.15) is 0 Å². The van der Waals surface area contributed by atoms with Crippen LogP contribution in [0.15, 0.2) is 11.8 Å². The fraction of sp³-hybridized carbons (Fsp3) is 0.625. The minimum atomic E-state index is -0.0460. The van der Waals surface area contributed by atoms with Crippen LogP contribution in [0.4, 0.5) is 4.79 Å². The second-order valence-corrected chi connectivity index (χ2v) is 3.39. The van der Waals surface area contributed by atoms with Crippen molar-refractivity contribution in [1.29, 1.82) is 0 Å². The first kappa shape index (κ1) is 6.70. The lowest BCUT2D eigenvalue weighted by Gasteiger charge is -2.20. The Labute approximate surface area is 65.9 Å². The molecule has 2 unspecified atom stereocenters. The topological polar surface area (TPSA) is 41.1 Å². The monoisotopic (exact) mass is 152 g/mol. The van der Waals surface area contributed by atoms with Gasteiger partial charge in [0.2, 0.25) is 0 Å². The van der Waals surface area contributed by atoms with E-state index < -0.39 is 0 Å². The molecule has 2 N–H and O–H groups in total. The Morgan fingerprint density at radius 1 is 1.64 bits per heavy atom. The summed E-state index contributed by atoms with van der Waals surface area (Å²) in [6.45, 7) is 2.21. The molecular weight excluding hydrogens is 140 g/mol. The highest BCUT2D eigenvalue weighted by atomic mass is 16.2. The molecule has 1 fully saturated rings. The van der Waals surface area contributed by atoms with Gasteiger partial charge in [0.15, 0.2) is 0 Å². The fourth-order valence-corrected chi connectivity index (χ4v) is 1.70. The Kier molecular flexibility index (Phi) is 1.37. The summed E-state index contributed by atoms with van der Waals surface area (Å²) >= 11 is 0. The van der Waals surface area contributed by atoms with Crippen molar-refractivity contribution in [3.8, 4) is 0 Å². The van der Waals surface area contributed by atoms with E-state index in [1.54, 1.807) is 0 Å². The highest BCUT2D eigenvalue weighted by Crippen LogP contribution is 2.24. The molecular formula is C8H12N2O. The van der Waals surface area contributed by atoms with Crippen LogP contribution in [0.3, 0.4) is 0 Å². The maximum absolute atomic E-state index is 10.9. The fourth-order valence-electron chi connectivity index (χ4n) is 1.70. The van der Waals surface area contributed by atoms with Crippen molar-refractivity contribution in [1.82, 2.24) is 10.6 Å². The van der Waals surface area contributed by atoms with Gasteiger partial charge in [-0.05, 0) is 18.8 Å². The zero-order valence-electron chi connectivity index (χ0n) is 6.55. The predicted octanol–water partition coefficient (Wildman–Crippen LogP) is 0.982. The van der Waals surface area contributed by atoms with Crippen LogP contribution in [-0.4, -0.2) is 12.1 Å². The number of carbonyl (C=O) groups is 1. The molecule has 2 aliphatic rings. The predicted molar refractivity (Wildman–Crippen MR) is 41.9 cm³/mol. The maximum atomic E-state index is 10.9. The summed E-state index contributed by atoms with van der Waals surface area (Å²) in [6.07, 6.45) is 4.29. The average Bonchev–Trinajstić information content (AvgIpc) is 2.27. The van der Waals surface area contributed by atoms with E-state index in [4.69, 9.17) is 0 Å². The summed E-state index contributed by atoms with van der Waals surface area (Å²) in [4.78, 5) is 10.9. The van der Waals surface area contributed by atoms with Gasteiger partial charge >= 0.3 is 6.03 Å². The zero-order valence-corrected chi connectivity index (χ0v) is 6.55. The van der Waals surface area contributed by atoms with E-state index in [0.717, 1.165) is 18.5 Å². The van der Waals surface area contributed by atoms with Gasteiger partial charge in [-0.15, -0.1) is 0 Å². The van der Waals surface area contributed by atoms with Crippen molar-refractivity contribution in [2.45, 2.75) is 25.8 Å². The zero-order chi connectivity index (χ0) is 7.84. The Bertz CT molecular complexity index is 222. The molecule has 1 heterocycles. The first-order chi connectivity index (χ1) is 5.25. The first-order valence-electron chi connectivity index (χ1n) is 4.03. The number of rotatable bonds is 0. The quantitative estimate of drug-likeness (QED) is 0.533. The van der Waals surface area contributed by atoms with Gasteiger partial charge in [-0.25, -0.2) is 4.79 Å². The van der Waals surface area contributed by atoms with Crippen LogP contribution in [-0.2, 0) is 0 Å². The van der Waals surface area contributed by atoms with E-state index in [1.165, 1.54) is 0 Å². The first-order valence-corrected chi connectivity index (χ1v) is 4.03. The Hall–Kier alpha value is -0.990. The van der Waals surface area contributed by atoms with E-state index >= 15 is 0 Å². The molecule has 0 saturated carbocycles. The molecule has 2 rings (SSSR count). The van der Waals surface area contributed by atoms with Crippen molar-refractivity contribution < 1.29 is 4.79 Å². The molecule has 0 aromatic carbocycles. The van der Waals surface area contributed by atoms with Crippen LogP contribution in [0.5, 0.6) is 0 Å². The summed E-state index contributed by atoms with van der Waals surface area (Å²) in [5.74, 6) is 0.698. The third kappa shape index (κ3) is 1.11. The molecule has 2 amide bonds. The number of amides is 2. The van der Waals surface area contributed by atoms with E-state index in [1.807, 2.05) is 0 Å². The standard InChI is InChI=1S/C8H12N2O/c1-5-2-3-6-7(4-5)10-8(11)9-6/h3,5,7H,2,4H2,1H3,(H2,9,10,11). The molecule has 0 radical (unpaired) electrons. The van der Waals surface area contributed by atoms with E-state index in [2.05, 4.69) is 23.6 Å².